The van der Waals surface area contributed by atoms with E-state index in [-0.39, 0.29) is 33.9 Å². The average Bonchev–Trinajstić information content (AvgIpc) is 3.41. The predicted molar refractivity (Wildman–Crippen MR) is 123 cm³/mol. The summed E-state index contributed by atoms with van der Waals surface area (Å²) < 4.78 is 4.65. The number of carbonyl (C=O) groups excluding carboxylic acids is 4. The third kappa shape index (κ3) is 4.61. The first kappa shape index (κ1) is 22.5. The van der Waals surface area contributed by atoms with Crippen LogP contribution >= 0.6 is 11.6 Å². The lowest BCUT2D eigenvalue weighted by Gasteiger charge is -2.16. The van der Waals surface area contributed by atoms with Gasteiger partial charge in [0.05, 0.1) is 18.4 Å². The summed E-state index contributed by atoms with van der Waals surface area (Å²) in [4.78, 5) is 50.8. The van der Waals surface area contributed by atoms with E-state index in [1.807, 2.05) is 0 Å². The molecule has 1 aliphatic carbocycles. The van der Waals surface area contributed by atoms with E-state index in [0.717, 1.165) is 30.6 Å². The second-order valence-electron chi connectivity index (χ2n) is 7.83. The number of benzene rings is 2. The molecule has 0 saturated heterocycles. The van der Waals surface area contributed by atoms with Crippen LogP contribution in [-0.2, 0) is 14.3 Å². The fraction of sp³-hybridized carbons (Fsp3) is 0.250. The van der Waals surface area contributed by atoms with Gasteiger partial charge >= 0.3 is 5.97 Å². The van der Waals surface area contributed by atoms with Crippen LogP contribution in [0.15, 0.2) is 59.3 Å². The van der Waals surface area contributed by atoms with Gasteiger partial charge in [-0.3, -0.25) is 14.4 Å². The summed E-state index contributed by atoms with van der Waals surface area (Å²) in [5, 5.41) is 5.63. The van der Waals surface area contributed by atoms with E-state index in [4.69, 9.17) is 11.6 Å². The van der Waals surface area contributed by atoms with Crippen LogP contribution in [0.3, 0.4) is 0 Å². The molecule has 170 valence electrons. The topological polar surface area (TPSA) is 105 Å². The zero-order chi connectivity index (χ0) is 23.5. The number of methoxy groups -OCH3 is 1. The minimum Gasteiger partial charge on any atom is -0.465 e. The Kier molecular flexibility index (Phi) is 6.46. The summed E-state index contributed by atoms with van der Waals surface area (Å²) in [6, 6.07) is 12.7. The standard InChI is InChI=1S/C24H22ClN3O5/c1-33-24(32)14-9-11-18(12-10-14)28-22(30)19(25)20(23(28)31)26-17-8-4-5-15(13-17)21(29)27-16-6-2-3-7-16/h4-5,8-13,16,26H,2-3,6-7H2,1H3,(H,27,29). The van der Waals surface area contributed by atoms with E-state index in [1.165, 1.54) is 31.4 Å². The van der Waals surface area contributed by atoms with Crippen LogP contribution in [0.1, 0.15) is 46.4 Å². The number of anilines is 2. The normalized spacial score (nSPS) is 16.4. The van der Waals surface area contributed by atoms with Gasteiger partial charge in [0, 0.05) is 17.3 Å². The maximum absolute atomic E-state index is 13.0. The Morgan fingerprint density at radius 1 is 1.00 bits per heavy atom. The molecule has 0 aromatic heterocycles. The van der Waals surface area contributed by atoms with Crippen molar-refractivity contribution in [2.75, 3.05) is 17.3 Å². The molecule has 0 unspecified atom stereocenters. The number of amides is 3. The highest BCUT2D eigenvalue weighted by atomic mass is 35.5. The molecule has 1 heterocycles. The fourth-order valence-electron chi connectivity index (χ4n) is 3.93. The van der Waals surface area contributed by atoms with Gasteiger partial charge in [0.15, 0.2) is 0 Å². The lowest BCUT2D eigenvalue weighted by atomic mass is 10.1. The number of nitrogens with zero attached hydrogens (tertiary/aromatic N) is 1. The molecule has 1 aliphatic heterocycles. The highest BCUT2D eigenvalue weighted by molar-refractivity contribution is 6.53. The number of hydrogen-bond acceptors (Lipinski definition) is 6. The summed E-state index contributed by atoms with van der Waals surface area (Å²) >= 11 is 6.19. The third-order valence-electron chi connectivity index (χ3n) is 5.66. The second-order valence-corrected chi connectivity index (χ2v) is 8.21. The van der Waals surface area contributed by atoms with Gasteiger partial charge in [0.25, 0.3) is 17.7 Å². The highest BCUT2D eigenvalue weighted by Gasteiger charge is 2.39. The maximum atomic E-state index is 13.0. The Morgan fingerprint density at radius 2 is 1.70 bits per heavy atom. The van der Waals surface area contributed by atoms with Crippen molar-refractivity contribution in [2.24, 2.45) is 0 Å². The molecule has 2 N–H and O–H groups in total. The van der Waals surface area contributed by atoms with Crippen molar-refractivity contribution in [3.05, 3.63) is 70.4 Å². The van der Waals surface area contributed by atoms with Crippen molar-refractivity contribution in [3.8, 4) is 0 Å². The van der Waals surface area contributed by atoms with Gasteiger partial charge in [-0.2, -0.15) is 0 Å². The molecule has 0 spiro atoms. The molecule has 2 aromatic carbocycles. The van der Waals surface area contributed by atoms with E-state index >= 15 is 0 Å². The molecule has 0 radical (unpaired) electrons. The minimum atomic E-state index is -0.690. The Balaban J connectivity index is 1.50. The molecule has 2 aromatic rings. The van der Waals surface area contributed by atoms with Crippen molar-refractivity contribution in [2.45, 2.75) is 31.7 Å². The van der Waals surface area contributed by atoms with Gasteiger partial charge < -0.3 is 15.4 Å². The zero-order valence-electron chi connectivity index (χ0n) is 17.9. The number of hydrogen-bond donors (Lipinski definition) is 2. The smallest absolute Gasteiger partial charge is 0.337 e. The SMILES string of the molecule is COC(=O)c1ccc(N2C(=O)C(Cl)=C(Nc3cccc(C(=O)NC4CCCC4)c3)C2=O)cc1. The van der Waals surface area contributed by atoms with Gasteiger partial charge in [0.2, 0.25) is 0 Å². The van der Waals surface area contributed by atoms with Gasteiger partial charge in [0.1, 0.15) is 10.7 Å². The number of imide groups is 1. The molecule has 1 saturated carbocycles. The van der Waals surface area contributed by atoms with Crippen molar-refractivity contribution < 1.29 is 23.9 Å². The molecule has 9 heteroatoms. The molecule has 33 heavy (non-hydrogen) atoms. The molecule has 0 atom stereocenters. The predicted octanol–water partition coefficient (Wildman–Crippen LogP) is 3.58. The van der Waals surface area contributed by atoms with Crippen LogP contribution in [0.5, 0.6) is 0 Å². The van der Waals surface area contributed by atoms with E-state index in [2.05, 4.69) is 15.4 Å². The first-order valence-electron chi connectivity index (χ1n) is 10.5. The zero-order valence-corrected chi connectivity index (χ0v) is 18.6. The van der Waals surface area contributed by atoms with Crippen LogP contribution in [0.25, 0.3) is 0 Å². The molecule has 8 nitrogen and oxygen atoms in total. The summed E-state index contributed by atoms with van der Waals surface area (Å²) in [5.41, 5.74) is 1.34. The molecule has 2 aliphatic rings. The number of nitrogens with one attached hydrogen (secondary N) is 2. The number of carbonyl (C=O) groups is 4. The van der Waals surface area contributed by atoms with Gasteiger partial charge in [-0.05, 0) is 55.3 Å². The molecule has 0 bridgehead atoms. The van der Waals surface area contributed by atoms with Crippen molar-refractivity contribution in [1.29, 1.82) is 0 Å². The summed E-state index contributed by atoms with van der Waals surface area (Å²) in [7, 11) is 1.26. The van der Waals surface area contributed by atoms with Crippen LogP contribution in [-0.4, -0.2) is 36.8 Å². The lowest BCUT2D eigenvalue weighted by molar-refractivity contribution is -0.120. The van der Waals surface area contributed by atoms with Gasteiger partial charge in [-0.25, -0.2) is 9.69 Å². The Morgan fingerprint density at radius 3 is 2.36 bits per heavy atom. The summed E-state index contributed by atoms with van der Waals surface area (Å²) in [5.74, 6) is -2.05. The lowest BCUT2D eigenvalue weighted by Crippen LogP contribution is -2.32. The number of esters is 1. The highest BCUT2D eigenvalue weighted by Crippen LogP contribution is 2.30. The molecule has 4 rings (SSSR count). The Hall–Kier alpha value is -3.65. The molecular weight excluding hydrogens is 446 g/mol. The maximum Gasteiger partial charge on any atom is 0.337 e. The molecule has 1 fully saturated rings. The molecular formula is C24H22ClN3O5. The van der Waals surface area contributed by atoms with Crippen molar-refractivity contribution >= 4 is 46.7 Å². The number of rotatable bonds is 6. The number of ether oxygens (including phenoxy) is 1. The van der Waals surface area contributed by atoms with Crippen LogP contribution < -0.4 is 15.5 Å². The average molecular weight is 468 g/mol. The summed E-state index contributed by atoms with van der Waals surface area (Å²) in [6.45, 7) is 0. The fourth-order valence-corrected chi connectivity index (χ4v) is 4.14. The van der Waals surface area contributed by atoms with E-state index in [9.17, 15) is 19.2 Å². The quantitative estimate of drug-likeness (QED) is 0.497. The minimum absolute atomic E-state index is 0.0907. The van der Waals surface area contributed by atoms with Crippen LogP contribution in [0.4, 0.5) is 11.4 Å². The first-order valence-corrected chi connectivity index (χ1v) is 10.9. The van der Waals surface area contributed by atoms with Crippen LogP contribution in [0.2, 0.25) is 0 Å². The van der Waals surface area contributed by atoms with Crippen molar-refractivity contribution in [3.63, 3.8) is 0 Å². The van der Waals surface area contributed by atoms with Crippen LogP contribution in [0, 0.1) is 0 Å². The first-order chi connectivity index (χ1) is 15.9. The van der Waals surface area contributed by atoms with E-state index < -0.39 is 17.8 Å². The van der Waals surface area contributed by atoms with Gasteiger partial charge in [-0.1, -0.05) is 30.5 Å². The van der Waals surface area contributed by atoms with E-state index in [1.54, 1.807) is 24.3 Å². The third-order valence-corrected chi connectivity index (χ3v) is 6.01. The second kappa shape index (κ2) is 9.46. The largest absolute Gasteiger partial charge is 0.465 e. The number of halogens is 1. The monoisotopic (exact) mass is 467 g/mol. The van der Waals surface area contributed by atoms with E-state index in [0.29, 0.717) is 11.3 Å². The van der Waals surface area contributed by atoms with Crippen molar-refractivity contribution in [1.82, 2.24) is 5.32 Å². The molecule has 3 amide bonds. The Labute approximate surface area is 195 Å². The Bertz CT molecular complexity index is 1150. The summed E-state index contributed by atoms with van der Waals surface area (Å²) in [6.07, 6.45) is 4.16. The van der Waals surface area contributed by atoms with Gasteiger partial charge in [-0.15, -0.1) is 0 Å².